The lowest BCUT2D eigenvalue weighted by molar-refractivity contribution is -0.00000423. The highest BCUT2D eigenvalue weighted by molar-refractivity contribution is 7.18. The summed E-state index contributed by atoms with van der Waals surface area (Å²) in [5.41, 5.74) is 2.54. The fourth-order valence-electron chi connectivity index (χ4n) is 3.49. The zero-order valence-corrected chi connectivity index (χ0v) is 15.2. The first kappa shape index (κ1) is 16.0. The smallest absolute Gasteiger partial charge is 0.125 e. The minimum absolute atomic E-state index is 0. The molecule has 0 N–H and O–H groups in total. The van der Waals surface area contributed by atoms with E-state index in [0.29, 0.717) is 0 Å². The van der Waals surface area contributed by atoms with E-state index in [-0.39, 0.29) is 17.0 Å². The fourth-order valence-corrected chi connectivity index (χ4v) is 4.50. The molecule has 3 saturated heterocycles. The maximum Gasteiger partial charge on any atom is 0.125 e. The van der Waals surface area contributed by atoms with Gasteiger partial charge in [-0.3, -0.25) is 0 Å². The summed E-state index contributed by atoms with van der Waals surface area (Å²) in [4.78, 5) is 9.88. The maximum atomic E-state index is 4.68. The molecule has 5 rings (SSSR count). The third kappa shape index (κ3) is 3.07. The van der Waals surface area contributed by atoms with Crippen LogP contribution in [-0.4, -0.2) is 42.1 Å². The number of hydrogen-bond donors (Lipinski definition) is 0. The Morgan fingerprint density at radius 3 is 2.73 bits per heavy atom. The summed E-state index contributed by atoms with van der Waals surface area (Å²) in [6.45, 7) is 7.03. The lowest BCUT2D eigenvalue weighted by atomic mass is 10.1. The van der Waals surface area contributed by atoms with Gasteiger partial charge < -0.3 is 26.8 Å². The van der Waals surface area contributed by atoms with E-state index < -0.39 is 0 Å². The zero-order chi connectivity index (χ0) is 14.2. The summed E-state index contributed by atoms with van der Waals surface area (Å²) in [5, 5.41) is 2.49. The SMILES string of the molecule is Cc1cccc(-c2ncc(N3CCN4CCC3CC4)s2)c1.[Br-]. The van der Waals surface area contributed by atoms with Crippen molar-refractivity contribution >= 4 is 16.3 Å². The number of anilines is 1. The van der Waals surface area contributed by atoms with Crippen LogP contribution in [0.4, 0.5) is 5.00 Å². The molecular weight excluding hydrogens is 358 g/mol. The number of rotatable bonds is 2. The Labute approximate surface area is 146 Å². The van der Waals surface area contributed by atoms with Gasteiger partial charge in [-0.25, -0.2) is 4.98 Å². The van der Waals surface area contributed by atoms with Crippen molar-refractivity contribution in [1.82, 2.24) is 9.88 Å². The lowest BCUT2D eigenvalue weighted by Gasteiger charge is -2.31. The van der Waals surface area contributed by atoms with Crippen molar-refractivity contribution in [1.29, 1.82) is 0 Å². The molecule has 2 bridgehead atoms. The second-order valence-electron chi connectivity index (χ2n) is 6.14. The molecule has 3 fully saturated rings. The number of fused-ring (bicyclic) bond motifs is 4. The van der Waals surface area contributed by atoms with Gasteiger partial charge in [0.2, 0.25) is 0 Å². The molecule has 0 saturated carbocycles. The van der Waals surface area contributed by atoms with Crippen molar-refractivity contribution in [3.8, 4) is 10.6 Å². The number of piperidine rings is 1. The minimum atomic E-state index is 0. The van der Waals surface area contributed by atoms with Crippen LogP contribution in [0.1, 0.15) is 18.4 Å². The molecule has 3 nitrogen and oxygen atoms in total. The number of aryl methyl sites for hydroxylation is 1. The van der Waals surface area contributed by atoms with Gasteiger partial charge in [0.25, 0.3) is 0 Å². The average molecular weight is 379 g/mol. The normalized spacial score (nSPS) is 24.0. The van der Waals surface area contributed by atoms with Gasteiger partial charge >= 0.3 is 0 Å². The van der Waals surface area contributed by atoms with Crippen molar-refractivity contribution < 1.29 is 17.0 Å². The molecule has 1 aromatic heterocycles. The van der Waals surface area contributed by atoms with E-state index in [4.69, 9.17) is 0 Å². The average Bonchev–Trinajstić information content (AvgIpc) is 2.80. The van der Waals surface area contributed by atoms with E-state index in [0.717, 1.165) is 17.6 Å². The van der Waals surface area contributed by atoms with Crippen LogP contribution in [-0.2, 0) is 0 Å². The molecular formula is C17H21BrN3S-. The van der Waals surface area contributed by atoms with Gasteiger partial charge in [-0.2, -0.15) is 0 Å². The van der Waals surface area contributed by atoms with Crippen LogP contribution in [0.15, 0.2) is 30.5 Å². The molecule has 118 valence electrons. The molecule has 3 aliphatic heterocycles. The number of thiazole rings is 1. The van der Waals surface area contributed by atoms with Crippen LogP contribution in [0.2, 0.25) is 0 Å². The number of halogens is 1. The fraction of sp³-hybridized carbons (Fsp3) is 0.471. The first-order chi connectivity index (χ1) is 10.3. The van der Waals surface area contributed by atoms with Crippen molar-refractivity contribution in [3.63, 3.8) is 0 Å². The van der Waals surface area contributed by atoms with Gasteiger partial charge in [0.15, 0.2) is 0 Å². The summed E-state index contributed by atoms with van der Waals surface area (Å²) in [6.07, 6.45) is 4.69. The van der Waals surface area contributed by atoms with Gasteiger partial charge in [-0.05, 0) is 25.8 Å². The predicted molar refractivity (Wildman–Crippen MR) is 89.1 cm³/mol. The molecule has 4 heterocycles. The Kier molecular flexibility index (Phi) is 4.85. The van der Waals surface area contributed by atoms with Gasteiger partial charge in [-0.1, -0.05) is 35.1 Å². The Hall–Kier alpha value is -0.910. The van der Waals surface area contributed by atoms with Crippen LogP contribution in [0.5, 0.6) is 0 Å². The summed E-state index contributed by atoms with van der Waals surface area (Å²) < 4.78 is 0. The van der Waals surface area contributed by atoms with Gasteiger partial charge in [0.05, 0.1) is 6.20 Å². The van der Waals surface area contributed by atoms with Crippen molar-refractivity contribution in [2.45, 2.75) is 25.8 Å². The molecule has 1 aromatic carbocycles. The highest BCUT2D eigenvalue weighted by Crippen LogP contribution is 2.35. The van der Waals surface area contributed by atoms with Crippen LogP contribution in [0.25, 0.3) is 10.6 Å². The predicted octanol–water partition coefficient (Wildman–Crippen LogP) is 0.407. The summed E-state index contributed by atoms with van der Waals surface area (Å²) >= 11 is 1.84. The molecule has 0 spiro atoms. The van der Waals surface area contributed by atoms with E-state index in [1.807, 2.05) is 11.3 Å². The molecule has 0 radical (unpaired) electrons. The van der Waals surface area contributed by atoms with Gasteiger partial charge in [-0.15, -0.1) is 0 Å². The van der Waals surface area contributed by atoms with E-state index >= 15 is 0 Å². The molecule has 22 heavy (non-hydrogen) atoms. The van der Waals surface area contributed by atoms with E-state index in [9.17, 15) is 0 Å². The van der Waals surface area contributed by atoms with Crippen LogP contribution in [0.3, 0.4) is 0 Å². The topological polar surface area (TPSA) is 19.4 Å². The summed E-state index contributed by atoms with van der Waals surface area (Å²) in [5.74, 6) is 0. The van der Waals surface area contributed by atoms with Gasteiger partial charge in [0, 0.05) is 37.8 Å². The van der Waals surface area contributed by atoms with Crippen molar-refractivity contribution in [2.75, 3.05) is 31.1 Å². The highest BCUT2D eigenvalue weighted by Gasteiger charge is 2.30. The minimum Gasteiger partial charge on any atom is -1.00 e. The van der Waals surface area contributed by atoms with Crippen molar-refractivity contribution in [3.05, 3.63) is 36.0 Å². The van der Waals surface area contributed by atoms with Crippen LogP contribution in [0, 0.1) is 6.92 Å². The zero-order valence-electron chi connectivity index (χ0n) is 12.8. The Morgan fingerprint density at radius 1 is 1.14 bits per heavy atom. The molecule has 0 atom stereocenters. The summed E-state index contributed by atoms with van der Waals surface area (Å²) in [6, 6.07) is 9.36. The van der Waals surface area contributed by atoms with Crippen LogP contribution >= 0.6 is 11.3 Å². The summed E-state index contributed by atoms with van der Waals surface area (Å²) in [7, 11) is 0. The third-order valence-electron chi connectivity index (χ3n) is 4.70. The molecule has 5 heteroatoms. The van der Waals surface area contributed by atoms with Gasteiger partial charge in [0.1, 0.15) is 10.0 Å². The second kappa shape index (κ2) is 6.69. The van der Waals surface area contributed by atoms with E-state index in [1.54, 1.807) is 0 Å². The Bertz CT molecular complexity index is 634. The molecule has 0 aliphatic carbocycles. The quantitative estimate of drug-likeness (QED) is 0.754. The maximum absolute atomic E-state index is 4.68. The Morgan fingerprint density at radius 2 is 1.95 bits per heavy atom. The molecule has 0 amide bonds. The van der Waals surface area contributed by atoms with Crippen LogP contribution < -0.4 is 21.9 Å². The first-order valence-corrected chi connectivity index (χ1v) is 8.63. The number of aromatic nitrogens is 1. The number of benzene rings is 1. The monoisotopic (exact) mass is 378 g/mol. The lowest BCUT2D eigenvalue weighted by Crippen LogP contribution is -3.00. The highest BCUT2D eigenvalue weighted by atomic mass is 79.9. The van der Waals surface area contributed by atoms with E-state index in [1.165, 1.54) is 48.6 Å². The second-order valence-corrected chi connectivity index (χ2v) is 7.15. The third-order valence-corrected chi connectivity index (χ3v) is 5.78. The Balaban J connectivity index is 0.00000144. The molecule has 0 unspecified atom stereocenters. The van der Waals surface area contributed by atoms with Crippen molar-refractivity contribution in [2.24, 2.45) is 0 Å². The largest absolute Gasteiger partial charge is 1.00 e. The molecule has 3 aliphatic rings. The first-order valence-electron chi connectivity index (χ1n) is 7.81. The van der Waals surface area contributed by atoms with E-state index in [2.05, 4.69) is 52.2 Å². The number of nitrogens with zero attached hydrogens (tertiary/aromatic N) is 3. The number of hydrogen-bond acceptors (Lipinski definition) is 4. The molecule has 2 aromatic rings. The standard InChI is InChI=1S/C17H21N3S.BrH/c1-13-3-2-4-14(11-13)17-18-12-16(21-17)20-10-9-19-7-5-15(20)6-8-19;/h2-4,11-12,15H,5-10H2,1H3;1H/p-1.